The van der Waals surface area contributed by atoms with E-state index < -0.39 is 11.6 Å². The molecule has 0 spiro atoms. The molecule has 1 N–H and O–H groups in total. The second-order valence-electron chi connectivity index (χ2n) is 3.74. The number of hydrogen-bond acceptors (Lipinski definition) is 4. The van der Waals surface area contributed by atoms with Crippen molar-refractivity contribution in [1.29, 1.82) is 0 Å². The van der Waals surface area contributed by atoms with E-state index in [0.717, 1.165) is 0 Å². The van der Waals surface area contributed by atoms with Crippen LogP contribution in [0.2, 0.25) is 0 Å². The third-order valence-corrected chi connectivity index (χ3v) is 1.74. The zero-order valence-corrected chi connectivity index (χ0v) is 8.53. The van der Waals surface area contributed by atoms with Gasteiger partial charge in [-0.3, -0.25) is 0 Å². The first-order valence-corrected chi connectivity index (χ1v) is 4.31. The molecule has 0 bridgehead atoms. The fraction of sp³-hybridized carbons (Fsp3) is 0.500. The zero-order valence-electron chi connectivity index (χ0n) is 8.53. The van der Waals surface area contributed by atoms with Crippen LogP contribution in [-0.2, 0) is 11.2 Å². The van der Waals surface area contributed by atoms with E-state index in [4.69, 9.17) is 4.42 Å². The Hall–Kier alpha value is -1.29. The van der Waals surface area contributed by atoms with Crippen molar-refractivity contribution in [2.45, 2.75) is 25.9 Å². The molecule has 14 heavy (non-hydrogen) atoms. The summed E-state index contributed by atoms with van der Waals surface area (Å²) < 4.78 is 9.67. The van der Waals surface area contributed by atoms with Crippen molar-refractivity contribution in [2.24, 2.45) is 0 Å². The van der Waals surface area contributed by atoms with Gasteiger partial charge in [-0.2, -0.15) is 0 Å². The zero-order chi connectivity index (χ0) is 10.8. The fourth-order valence-corrected chi connectivity index (χ4v) is 1.16. The first kappa shape index (κ1) is 10.8. The van der Waals surface area contributed by atoms with E-state index in [1.165, 1.54) is 19.4 Å². The Bertz CT molecular complexity index is 319. The van der Waals surface area contributed by atoms with Gasteiger partial charge in [0.25, 0.3) is 0 Å². The third-order valence-electron chi connectivity index (χ3n) is 1.74. The molecule has 0 aliphatic rings. The average molecular weight is 198 g/mol. The van der Waals surface area contributed by atoms with Gasteiger partial charge in [-0.1, -0.05) is 0 Å². The molecule has 0 amide bonds. The largest absolute Gasteiger partial charge is 0.468 e. The van der Waals surface area contributed by atoms with Crippen molar-refractivity contribution in [1.82, 2.24) is 0 Å². The quantitative estimate of drug-likeness (QED) is 0.745. The smallest absolute Gasteiger partial charge is 0.341 e. The van der Waals surface area contributed by atoms with Crippen LogP contribution in [0.1, 0.15) is 30.0 Å². The van der Waals surface area contributed by atoms with Gasteiger partial charge in [-0.15, -0.1) is 0 Å². The van der Waals surface area contributed by atoms with Crippen LogP contribution in [0.25, 0.3) is 0 Å². The molecular formula is C10H14O4. The van der Waals surface area contributed by atoms with Crippen LogP contribution in [0.3, 0.4) is 0 Å². The predicted octanol–water partition coefficient (Wildman–Crippen LogP) is 1.38. The monoisotopic (exact) mass is 198 g/mol. The van der Waals surface area contributed by atoms with Crippen LogP contribution in [0.5, 0.6) is 0 Å². The summed E-state index contributed by atoms with van der Waals surface area (Å²) in [5.41, 5.74) is -0.532. The van der Waals surface area contributed by atoms with Crippen LogP contribution in [0.15, 0.2) is 16.7 Å². The summed E-state index contributed by atoms with van der Waals surface area (Å²) >= 11 is 0. The van der Waals surface area contributed by atoms with Gasteiger partial charge in [0.05, 0.1) is 19.0 Å². The van der Waals surface area contributed by atoms with Crippen LogP contribution < -0.4 is 0 Å². The number of rotatable bonds is 3. The molecule has 1 aromatic heterocycles. The molecular weight excluding hydrogens is 184 g/mol. The topological polar surface area (TPSA) is 59.7 Å². The third kappa shape index (κ3) is 2.60. The summed E-state index contributed by atoms with van der Waals surface area (Å²) in [5, 5.41) is 9.56. The number of ether oxygens (including phenoxy) is 1. The Labute approximate surface area is 82.5 Å². The van der Waals surface area contributed by atoms with Crippen LogP contribution in [-0.4, -0.2) is 23.8 Å². The molecule has 78 valence electrons. The summed E-state index contributed by atoms with van der Waals surface area (Å²) in [4.78, 5) is 11.2. The average Bonchev–Trinajstić information content (AvgIpc) is 2.48. The maximum absolute atomic E-state index is 11.2. The van der Waals surface area contributed by atoms with Crippen LogP contribution in [0, 0.1) is 0 Å². The van der Waals surface area contributed by atoms with Gasteiger partial charge in [0, 0.05) is 6.42 Å². The van der Waals surface area contributed by atoms with Gasteiger partial charge in [0.1, 0.15) is 11.3 Å². The number of aliphatic hydroxyl groups is 1. The summed E-state index contributed by atoms with van der Waals surface area (Å²) in [7, 11) is 1.31. The van der Waals surface area contributed by atoms with Crippen molar-refractivity contribution >= 4 is 5.97 Å². The Morgan fingerprint density at radius 1 is 1.64 bits per heavy atom. The van der Waals surface area contributed by atoms with Crippen molar-refractivity contribution < 1.29 is 19.1 Å². The first-order valence-electron chi connectivity index (χ1n) is 4.31. The van der Waals surface area contributed by atoms with Crippen molar-refractivity contribution in [3.05, 3.63) is 23.7 Å². The predicted molar refractivity (Wildman–Crippen MR) is 50.0 cm³/mol. The highest BCUT2D eigenvalue weighted by Gasteiger charge is 2.21. The lowest BCUT2D eigenvalue weighted by Gasteiger charge is -2.15. The first-order chi connectivity index (χ1) is 6.44. The van der Waals surface area contributed by atoms with E-state index in [2.05, 4.69) is 4.74 Å². The lowest BCUT2D eigenvalue weighted by atomic mass is 10.0. The summed E-state index contributed by atoms with van der Waals surface area (Å²) in [6.07, 6.45) is 1.69. The number of methoxy groups -OCH3 is 1. The Morgan fingerprint density at radius 3 is 2.79 bits per heavy atom. The van der Waals surface area contributed by atoms with Gasteiger partial charge in [-0.05, 0) is 19.9 Å². The molecule has 0 aromatic carbocycles. The highest BCUT2D eigenvalue weighted by atomic mass is 16.5. The van der Waals surface area contributed by atoms with Gasteiger partial charge < -0.3 is 14.3 Å². The van der Waals surface area contributed by atoms with Crippen molar-refractivity contribution in [3.63, 3.8) is 0 Å². The van der Waals surface area contributed by atoms with E-state index in [1.54, 1.807) is 13.8 Å². The van der Waals surface area contributed by atoms with Crippen molar-refractivity contribution in [2.75, 3.05) is 7.11 Å². The summed E-state index contributed by atoms with van der Waals surface area (Å²) in [6, 6.07) is 1.53. The lowest BCUT2D eigenvalue weighted by molar-refractivity contribution is 0.0586. The maximum Gasteiger partial charge on any atom is 0.341 e. The molecule has 0 unspecified atom stereocenters. The second kappa shape index (κ2) is 3.84. The summed E-state index contributed by atoms with van der Waals surface area (Å²) in [6.45, 7) is 3.30. The standard InChI is InChI=1S/C10H14O4/c1-10(2,12)6-8-7(4-5-14-8)9(11)13-3/h4-5,12H,6H2,1-3H3. The number of furan rings is 1. The molecule has 0 atom stereocenters. The molecule has 0 radical (unpaired) electrons. The molecule has 0 aliphatic carbocycles. The molecule has 0 aliphatic heterocycles. The van der Waals surface area contributed by atoms with Crippen LogP contribution in [0.4, 0.5) is 0 Å². The van der Waals surface area contributed by atoms with E-state index in [9.17, 15) is 9.90 Å². The van der Waals surface area contributed by atoms with Gasteiger partial charge in [0.2, 0.25) is 0 Å². The Balaban J connectivity index is 2.88. The normalized spacial score (nSPS) is 11.4. The molecule has 0 saturated carbocycles. The highest BCUT2D eigenvalue weighted by Crippen LogP contribution is 2.18. The fourth-order valence-electron chi connectivity index (χ4n) is 1.16. The van der Waals surface area contributed by atoms with Gasteiger partial charge >= 0.3 is 5.97 Å². The van der Waals surface area contributed by atoms with Crippen molar-refractivity contribution in [3.8, 4) is 0 Å². The second-order valence-corrected chi connectivity index (χ2v) is 3.74. The SMILES string of the molecule is COC(=O)c1ccoc1CC(C)(C)O. The molecule has 1 aromatic rings. The number of carbonyl (C=O) groups excluding carboxylic acids is 1. The van der Waals surface area contributed by atoms with E-state index in [-0.39, 0.29) is 6.42 Å². The van der Waals surface area contributed by atoms with Crippen LogP contribution >= 0.6 is 0 Å². The highest BCUT2D eigenvalue weighted by molar-refractivity contribution is 5.90. The van der Waals surface area contributed by atoms with E-state index >= 15 is 0 Å². The molecule has 0 saturated heterocycles. The Kier molecular flexibility index (Phi) is 2.96. The van der Waals surface area contributed by atoms with Gasteiger partial charge in [-0.25, -0.2) is 4.79 Å². The molecule has 4 heteroatoms. The minimum absolute atomic E-state index is 0.282. The molecule has 4 nitrogen and oxygen atoms in total. The lowest BCUT2D eigenvalue weighted by Crippen LogP contribution is -2.22. The molecule has 1 heterocycles. The van der Waals surface area contributed by atoms with Gasteiger partial charge in [0.15, 0.2) is 0 Å². The maximum atomic E-state index is 11.2. The number of esters is 1. The summed E-state index contributed by atoms with van der Waals surface area (Å²) in [5.74, 6) is 0.00218. The minimum Gasteiger partial charge on any atom is -0.468 e. The minimum atomic E-state index is -0.902. The van der Waals surface area contributed by atoms with E-state index in [0.29, 0.717) is 11.3 Å². The molecule has 0 fully saturated rings. The number of hydrogen-bond donors (Lipinski definition) is 1. The Morgan fingerprint density at radius 2 is 2.29 bits per heavy atom. The van der Waals surface area contributed by atoms with E-state index in [1.807, 2.05) is 0 Å². The molecule has 1 rings (SSSR count). The number of carbonyl (C=O) groups is 1.